The molecule has 3 spiro atoms. The average Bonchev–Trinajstić information content (AvgIpc) is 1.63. The van der Waals surface area contributed by atoms with Gasteiger partial charge in [0.25, 0.3) is 0 Å². The standard InChI is InChI=1S/2C21H27NO4.2C21H29NO2.C17H19NO3/c2*23-14-5-4-13-10-16-21(25)7-6-15(24)19-20(21,17(13)18(14)26-19)8-9-22(16)11-12-2-1-3-12;2*23-17-7-6-16-12-19-21(24)9-2-1-8-20(21,18(16)13-17)10-11-22(19)14-15-4-3-5-15;1-18-7-6-17-10-3-5-13(20)16(17)21-15-12(19)4-2-9(14(15)17)8-11(10)18/h2*4-5,12,15-16,19,23-25H,1-3,6-11H2;2*6-7,13,15,19,23-24H,1-5,8-12,14H2;2-5,10-11,13,16,19-20H,6-8H2,1H3/t2*15-,16+,19-,20-,21+;2*19-,20+,21-;10-,11+,13-,16-,17-/m00110/s1. The Bertz CT molecular complexity index is 4690. The Kier molecular flexibility index (Phi) is 18.8. The number of piperidine rings is 5. The highest BCUT2D eigenvalue weighted by Crippen LogP contribution is 2.70. The van der Waals surface area contributed by atoms with Crippen molar-refractivity contribution in [1.82, 2.24) is 24.5 Å². The van der Waals surface area contributed by atoms with Crippen LogP contribution in [0.5, 0.6) is 46.0 Å². The lowest BCUT2D eigenvalue weighted by Gasteiger charge is -2.64. The van der Waals surface area contributed by atoms with Crippen LogP contribution in [0.3, 0.4) is 0 Å². The van der Waals surface area contributed by atoms with Crippen molar-refractivity contribution in [3.05, 3.63) is 141 Å². The Morgan fingerprint density at radius 1 is 0.355 bits per heavy atom. The van der Waals surface area contributed by atoms with E-state index in [-0.39, 0.29) is 63.8 Å². The quantitative estimate of drug-likeness (QED) is 0.0643. The van der Waals surface area contributed by atoms with Crippen LogP contribution in [-0.2, 0) is 59.2 Å². The van der Waals surface area contributed by atoms with E-state index in [1.165, 1.54) is 147 Å². The van der Waals surface area contributed by atoms with E-state index in [1.54, 1.807) is 18.2 Å². The maximum Gasteiger partial charge on any atom is 0.165 e. The summed E-state index contributed by atoms with van der Waals surface area (Å²) in [4.78, 5) is 12.7. The van der Waals surface area contributed by atoms with Gasteiger partial charge in [-0.2, -0.15) is 0 Å². The van der Waals surface area contributed by atoms with E-state index in [4.69, 9.17) is 14.2 Å². The summed E-state index contributed by atoms with van der Waals surface area (Å²) in [6.45, 7) is 9.62. The molecule has 12 N–H and O–H groups in total. The second kappa shape index (κ2) is 28.6. The number of likely N-dealkylation sites (N-methyl/N-ethyl adjacent to an activating group) is 1. The van der Waals surface area contributed by atoms with Gasteiger partial charge >= 0.3 is 0 Å². The van der Waals surface area contributed by atoms with E-state index in [1.807, 2.05) is 48.5 Å². The number of nitrogens with zero attached hydrogens (tertiary/aromatic N) is 5. The Labute approximate surface area is 712 Å². The Morgan fingerprint density at radius 3 is 1.15 bits per heavy atom. The summed E-state index contributed by atoms with van der Waals surface area (Å²) in [7, 11) is 2.19. The van der Waals surface area contributed by atoms with Crippen LogP contribution in [0, 0.1) is 29.6 Å². The molecule has 20 nitrogen and oxygen atoms in total. The van der Waals surface area contributed by atoms with Crippen molar-refractivity contribution in [2.24, 2.45) is 29.6 Å². The lowest BCUT2D eigenvalue weighted by molar-refractivity contribution is -0.209. The largest absolute Gasteiger partial charge is 0.508 e. The monoisotopic (exact) mass is 1650 g/mol. The van der Waals surface area contributed by atoms with Gasteiger partial charge in [0.05, 0.1) is 45.4 Å². The van der Waals surface area contributed by atoms with Gasteiger partial charge < -0.3 is 80.4 Å². The maximum atomic E-state index is 12.1. The number of ether oxygens (including phenoxy) is 3. The second-order valence-corrected chi connectivity index (χ2v) is 43.1. The first-order valence-corrected chi connectivity index (χ1v) is 48.0. The molecule has 27 rings (SSSR count). The van der Waals surface area contributed by atoms with Crippen LogP contribution in [0.2, 0.25) is 0 Å². The summed E-state index contributed by atoms with van der Waals surface area (Å²) in [5, 5.41) is 131. The molecule has 10 bridgehead atoms. The highest BCUT2D eigenvalue weighted by Gasteiger charge is 2.76. The molecule has 5 saturated heterocycles. The molecular weight excluding hydrogens is 1520 g/mol. The zero-order valence-corrected chi connectivity index (χ0v) is 71.1. The van der Waals surface area contributed by atoms with E-state index in [0.717, 1.165) is 183 Å². The lowest BCUT2D eigenvalue weighted by atomic mass is 9.48. The van der Waals surface area contributed by atoms with Gasteiger partial charge in [0.2, 0.25) is 0 Å². The van der Waals surface area contributed by atoms with Crippen molar-refractivity contribution in [2.45, 2.75) is 335 Å². The predicted octanol–water partition coefficient (Wildman–Crippen LogP) is 11.3. The van der Waals surface area contributed by atoms with E-state index in [2.05, 4.69) is 49.8 Å². The van der Waals surface area contributed by atoms with Gasteiger partial charge in [0.1, 0.15) is 35.9 Å². The van der Waals surface area contributed by atoms with Gasteiger partial charge in [-0.1, -0.05) is 93.9 Å². The molecule has 5 aromatic rings. The summed E-state index contributed by atoms with van der Waals surface area (Å²) in [5.41, 5.74) is 7.49. The first-order valence-electron chi connectivity index (χ1n) is 48.0. The third-order valence-electron chi connectivity index (χ3n) is 38.3. The lowest BCUT2D eigenvalue weighted by Crippen LogP contribution is -2.77. The van der Waals surface area contributed by atoms with Crippen molar-refractivity contribution in [2.75, 3.05) is 66.0 Å². The van der Waals surface area contributed by atoms with E-state index < -0.39 is 63.8 Å². The molecule has 8 saturated carbocycles. The zero-order valence-electron chi connectivity index (χ0n) is 71.1. The number of aliphatic hydroxyl groups excluding tert-OH is 3. The summed E-state index contributed by atoms with van der Waals surface area (Å²) in [6, 6.07) is 24.2. The smallest absolute Gasteiger partial charge is 0.165 e. The number of benzene rings is 5. The maximum absolute atomic E-state index is 12.1. The number of fused-ring (bicyclic) bond motifs is 2. The molecule has 21 atom stereocenters. The van der Waals surface area contributed by atoms with Crippen LogP contribution < -0.4 is 14.2 Å². The van der Waals surface area contributed by atoms with Gasteiger partial charge in [-0.15, -0.1) is 0 Å². The number of likely N-dealkylation sites (tertiary alicyclic amines) is 5. The first-order chi connectivity index (χ1) is 58.5. The molecule has 8 aliphatic heterocycles. The molecule has 13 fully saturated rings. The molecule has 5 aromatic carbocycles. The van der Waals surface area contributed by atoms with Crippen molar-refractivity contribution in [3.63, 3.8) is 0 Å². The van der Waals surface area contributed by atoms with E-state index in [9.17, 15) is 61.3 Å². The number of phenols is 5. The van der Waals surface area contributed by atoms with Gasteiger partial charge in [-0.25, -0.2) is 0 Å². The summed E-state index contributed by atoms with van der Waals surface area (Å²) in [5.74, 6) is 6.44. The van der Waals surface area contributed by atoms with Crippen molar-refractivity contribution >= 4 is 0 Å². The minimum Gasteiger partial charge on any atom is -0.508 e. The van der Waals surface area contributed by atoms with E-state index in [0.29, 0.717) is 66.4 Å². The fourth-order valence-corrected chi connectivity index (χ4v) is 31.5. The Balaban J connectivity index is 0.0000000882. The van der Waals surface area contributed by atoms with Crippen LogP contribution in [-0.4, -0.2) is 241 Å². The minimum atomic E-state index is -0.884. The highest BCUT2D eigenvalue weighted by molar-refractivity contribution is 5.66. The van der Waals surface area contributed by atoms with Crippen molar-refractivity contribution in [3.8, 4) is 46.0 Å². The predicted molar refractivity (Wildman–Crippen MR) is 457 cm³/mol. The fourth-order valence-electron chi connectivity index (χ4n) is 31.5. The van der Waals surface area contributed by atoms with Crippen LogP contribution in [0.25, 0.3) is 0 Å². The van der Waals surface area contributed by atoms with Crippen molar-refractivity contribution < 1.29 is 75.5 Å². The van der Waals surface area contributed by atoms with Gasteiger partial charge in [0, 0.05) is 95.2 Å². The number of hydrogen-bond acceptors (Lipinski definition) is 20. The average molecular weight is 1660 g/mol. The Morgan fingerprint density at radius 2 is 0.727 bits per heavy atom. The molecular formula is C101H131N5O15. The molecule has 14 aliphatic carbocycles. The first kappa shape index (κ1) is 79.4. The number of phenolic OH excluding ortho intramolecular Hbond substituents is 5. The minimum absolute atomic E-state index is 0.0819. The zero-order chi connectivity index (χ0) is 82.4. The summed E-state index contributed by atoms with van der Waals surface area (Å²) >= 11 is 0. The number of aliphatic hydroxyl groups is 7. The number of hydrogen-bond donors (Lipinski definition) is 12. The topological polar surface area (TPSA) is 287 Å². The van der Waals surface area contributed by atoms with Crippen molar-refractivity contribution in [1.29, 1.82) is 0 Å². The summed E-state index contributed by atoms with van der Waals surface area (Å²) < 4.78 is 18.4. The van der Waals surface area contributed by atoms with Gasteiger partial charge in [-0.3, -0.25) is 19.6 Å². The van der Waals surface area contributed by atoms with E-state index >= 15 is 0 Å². The van der Waals surface area contributed by atoms with Gasteiger partial charge in [-0.05, 0) is 312 Å². The molecule has 650 valence electrons. The molecule has 0 aromatic heterocycles. The molecule has 0 radical (unpaired) electrons. The summed E-state index contributed by atoms with van der Waals surface area (Å²) in [6.07, 6.45) is 37.5. The SMILES string of the molecule is CN1CC[C@]23c4c5ccc(O)c4O[C@H]2[C@@H](O)C=C[C@H]3[C@H]1C5.Oc1ccc2c(c1)[C@@]13CCCC[C@@]1(O)[C@@H](C2)N(CC1CCC1)CC3.Oc1ccc2c(c1)[C@@]13CCCC[C@@]1(O)[C@@H](C2)N(CC1CCC1)CC3.Oc1ccc2c3c1O[C@H]1[C@@H](O)CC[C@@]4(O)[C@@H](C2)N(CC2CCC2)CC[C@]314.Oc1ccc2c3c1O[C@H]1[C@@H](O)CC[C@@]4(O)[C@@H](C2)N(CC2CCC2)CC[C@]314. The van der Waals surface area contributed by atoms with Crippen LogP contribution in [0.1, 0.15) is 242 Å². The fraction of sp³-hybridized carbons (Fsp3) is 0.683. The van der Waals surface area contributed by atoms with Gasteiger partial charge in [0.15, 0.2) is 34.5 Å². The Hall–Kier alpha value is -6.24. The molecule has 8 heterocycles. The van der Waals surface area contributed by atoms with Crippen LogP contribution in [0.15, 0.2) is 84.9 Å². The van der Waals surface area contributed by atoms with Crippen LogP contribution >= 0.6 is 0 Å². The highest BCUT2D eigenvalue weighted by atomic mass is 16.5. The molecule has 20 heteroatoms. The number of rotatable bonds is 8. The third kappa shape index (κ3) is 11.1. The number of aromatic hydroxyl groups is 5. The molecule has 22 aliphatic rings. The normalized spacial score (nSPS) is 41.6. The third-order valence-corrected chi connectivity index (χ3v) is 38.3. The molecule has 0 unspecified atom stereocenters. The second-order valence-electron chi connectivity index (χ2n) is 43.1. The molecule has 121 heavy (non-hydrogen) atoms. The van der Waals surface area contributed by atoms with Crippen LogP contribution in [0.4, 0.5) is 0 Å². The molecule has 0 amide bonds.